The minimum atomic E-state index is -3.87. The van der Waals surface area contributed by atoms with Crippen LogP contribution in [0.4, 0.5) is 0 Å². The first kappa shape index (κ1) is 25.0. The molecule has 0 amide bonds. The lowest BCUT2D eigenvalue weighted by molar-refractivity contribution is -0.150. The van der Waals surface area contributed by atoms with E-state index in [9.17, 15) is 26.4 Å². The van der Waals surface area contributed by atoms with Crippen molar-refractivity contribution in [3.05, 3.63) is 0 Å². The minimum Gasteiger partial charge on any atom is -0.464 e. The number of rotatable bonds is 14. The van der Waals surface area contributed by atoms with Crippen molar-refractivity contribution in [1.82, 2.24) is 0 Å². The third kappa shape index (κ3) is 11.6. The number of ketones is 1. The van der Waals surface area contributed by atoms with Crippen molar-refractivity contribution < 1.29 is 39.5 Å². The highest BCUT2D eigenvalue weighted by molar-refractivity contribution is 7.87. The van der Waals surface area contributed by atoms with Gasteiger partial charge in [0.05, 0.1) is 18.1 Å². The molecule has 0 rings (SSSR count). The molecular formula is C15H28O9S2. The van der Waals surface area contributed by atoms with Crippen molar-refractivity contribution in [2.45, 2.75) is 65.6 Å². The van der Waals surface area contributed by atoms with E-state index in [0.717, 1.165) is 0 Å². The first-order valence-electron chi connectivity index (χ1n) is 8.39. The summed E-state index contributed by atoms with van der Waals surface area (Å²) in [7, 11) is -7.65. The molecule has 11 heteroatoms. The monoisotopic (exact) mass is 416 g/mol. The summed E-state index contributed by atoms with van der Waals surface area (Å²) in [4.78, 5) is 22.3. The molecule has 26 heavy (non-hydrogen) atoms. The van der Waals surface area contributed by atoms with Gasteiger partial charge in [-0.05, 0) is 40.5 Å². The average Bonchev–Trinajstić information content (AvgIpc) is 2.49. The van der Waals surface area contributed by atoms with Crippen LogP contribution in [0, 0.1) is 0 Å². The van der Waals surface area contributed by atoms with Gasteiger partial charge in [-0.1, -0.05) is 12.8 Å². The van der Waals surface area contributed by atoms with Crippen LogP contribution in [0.5, 0.6) is 0 Å². The first-order chi connectivity index (χ1) is 11.9. The Morgan fingerprint density at radius 1 is 0.808 bits per heavy atom. The molecule has 0 aliphatic carbocycles. The van der Waals surface area contributed by atoms with Crippen LogP contribution in [0.3, 0.4) is 0 Å². The Bertz CT molecular complexity index is 653. The van der Waals surface area contributed by atoms with Crippen molar-refractivity contribution in [3.63, 3.8) is 0 Å². The van der Waals surface area contributed by atoms with Gasteiger partial charge in [0.15, 0.2) is 11.9 Å². The average molecular weight is 417 g/mol. The fourth-order valence-electron chi connectivity index (χ4n) is 1.81. The van der Waals surface area contributed by atoms with Gasteiger partial charge in [-0.15, -0.1) is 0 Å². The van der Waals surface area contributed by atoms with E-state index in [2.05, 4.69) is 4.74 Å². The molecule has 0 aromatic carbocycles. The van der Waals surface area contributed by atoms with Crippen LogP contribution in [0.2, 0.25) is 0 Å². The quantitative estimate of drug-likeness (QED) is 0.233. The zero-order valence-corrected chi connectivity index (χ0v) is 17.2. The molecule has 9 nitrogen and oxygen atoms in total. The zero-order valence-electron chi connectivity index (χ0n) is 15.6. The van der Waals surface area contributed by atoms with Crippen LogP contribution in [-0.2, 0) is 42.9 Å². The molecule has 2 unspecified atom stereocenters. The normalized spacial score (nSPS) is 14.6. The number of hydrogen-bond acceptors (Lipinski definition) is 9. The van der Waals surface area contributed by atoms with E-state index < -0.39 is 38.4 Å². The van der Waals surface area contributed by atoms with E-state index in [4.69, 9.17) is 8.37 Å². The van der Waals surface area contributed by atoms with Gasteiger partial charge in [-0.25, -0.2) is 4.79 Å². The van der Waals surface area contributed by atoms with Crippen LogP contribution in [0.15, 0.2) is 0 Å². The third-order valence-corrected chi connectivity index (χ3v) is 6.05. The maximum atomic E-state index is 11.7. The van der Waals surface area contributed by atoms with Crippen LogP contribution in [0.1, 0.15) is 53.4 Å². The molecule has 154 valence electrons. The summed E-state index contributed by atoms with van der Waals surface area (Å²) in [5.74, 6) is -1.65. The zero-order chi connectivity index (χ0) is 20.4. The summed E-state index contributed by atoms with van der Waals surface area (Å²) in [6.07, 6.45) is -0.724. The fourth-order valence-corrected chi connectivity index (χ4v) is 4.22. The minimum absolute atomic E-state index is 0.129. The second-order valence-electron chi connectivity index (χ2n) is 5.78. The highest BCUT2D eigenvalue weighted by atomic mass is 32.2. The predicted octanol–water partition coefficient (Wildman–Crippen LogP) is 1.17. The maximum absolute atomic E-state index is 11.7. The Morgan fingerprint density at radius 3 is 1.62 bits per heavy atom. The topological polar surface area (TPSA) is 130 Å². The summed E-state index contributed by atoms with van der Waals surface area (Å²) in [5.41, 5.74) is 0. The summed E-state index contributed by atoms with van der Waals surface area (Å²) in [5, 5.41) is 0. The summed E-state index contributed by atoms with van der Waals surface area (Å²) < 4.78 is 60.9. The number of carbonyl (C=O) groups excluding carboxylic acids is 2. The Labute approximate surface area is 155 Å². The number of esters is 1. The smallest absolute Gasteiger partial charge is 0.336 e. The van der Waals surface area contributed by atoms with Crippen molar-refractivity contribution in [2.75, 3.05) is 18.1 Å². The number of ether oxygens (including phenoxy) is 1. The molecule has 0 aliphatic heterocycles. The molecule has 0 aromatic heterocycles. The molecule has 0 radical (unpaired) electrons. The second kappa shape index (κ2) is 11.6. The largest absolute Gasteiger partial charge is 0.464 e. The van der Waals surface area contributed by atoms with E-state index in [1.165, 1.54) is 20.8 Å². The molecule has 0 fully saturated rings. The molecular weight excluding hydrogens is 388 g/mol. The van der Waals surface area contributed by atoms with Gasteiger partial charge < -0.3 is 4.74 Å². The van der Waals surface area contributed by atoms with Crippen LogP contribution < -0.4 is 0 Å². The van der Waals surface area contributed by atoms with Crippen molar-refractivity contribution >= 4 is 32.0 Å². The Balaban J connectivity index is 4.08. The van der Waals surface area contributed by atoms with E-state index >= 15 is 0 Å². The van der Waals surface area contributed by atoms with E-state index in [1.807, 2.05) is 0 Å². The molecule has 0 bridgehead atoms. The lowest BCUT2D eigenvalue weighted by Gasteiger charge is -2.12. The number of carbonyl (C=O) groups is 2. The fraction of sp³-hybridized carbons (Fsp3) is 0.867. The van der Waals surface area contributed by atoms with Gasteiger partial charge in [0.25, 0.3) is 20.2 Å². The van der Waals surface area contributed by atoms with Gasteiger partial charge in [0, 0.05) is 0 Å². The predicted molar refractivity (Wildman–Crippen MR) is 94.4 cm³/mol. The van der Waals surface area contributed by atoms with Crippen LogP contribution in [-0.4, -0.2) is 58.9 Å². The maximum Gasteiger partial charge on any atom is 0.336 e. The van der Waals surface area contributed by atoms with E-state index in [-0.39, 0.29) is 36.7 Å². The van der Waals surface area contributed by atoms with Gasteiger partial charge >= 0.3 is 5.97 Å². The highest BCUT2D eigenvalue weighted by Gasteiger charge is 2.23. The van der Waals surface area contributed by atoms with Gasteiger partial charge in [0.1, 0.15) is 6.10 Å². The molecule has 0 aromatic rings. The first-order valence-corrected chi connectivity index (χ1v) is 11.5. The van der Waals surface area contributed by atoms with Gasteiger partial charge in [-0.2, -0.15) is 16.8 Å². The summed E-state index contributed by atoms with van der Waals surface area (Å²) >= 11 is 0. The highest BCUT2D eigenvalue weighted by Crippen LogP contribution is 2.10. The van der Waals surface area contributed by atoms with Crippen molar-refractivity contribution in [1.29, 1.82) is 0 Å². The summed E-state index contributed by atoms with van der Waals surface area (Å²) in [6, 6.07) is 0. The number of hydrogen-bond donors (Lipinski definition) is 0. The van der Waals surface area contributed by atoms with Crippen molar-refractivity contribution in [3.8, 4) is 0 Å². The van der Waals surface area contributed by atoms with Crippen LogP contribution >= 0.6 is 0 Å². The second-order valence-corrected chi connectivity index (χ2v) is 9.21. The standard InChI is InChI=1S/C15H28O9S2/c1-5-22-15(17)14(4)24-26(20,21)11-9-7-6-8-10-25(18,19)23-13(3)12(2)16/h13-14H,5-11H2,1-4H3. The Morgan fingerprint density at radius 2 is 1.23 bits per heavy atom. The summed E-state index contributed by atoms with van der Waals surface area (Å²) in [6.45, 7) is 5.63. The molecule has 0 aliphatic rings. The number of unbranched alkanes of at least 4 members (excludes halogenated alkanes) is 3. The lowest BCUT2D eigenvalue weighted by atomic mass is 10.2. The lowest BCUT2D eigenvalue weighted by Crippen LogP contribution is -2.27. The molecule has 0 N–H and O–H groups in total. The Kier molecular flexibility index (Phi) is 11.2. The molecule has 0 heterocycles. The number of Topliss-reactive ketones (excluding diaryl/α,β-unsaturated/α-hetero) is 1. The van der Waals surface area contributed by atoms with Crippen LogP contribution in [0.25, 0.3) is 0 Å². The van der Waals surface area contributed by atoms with E-state index in [1.54, 1.807) is 6.92 Å². The molecule has 0 spiro atoms. The molecule has 2 atom stereocenters. The van der Waals surface area contributed by atoms with Crippen molar-refractivity contribution in [2.24, 2.45) is 0 Å². The SMILES string of the molecule is CCOC(=O)C(C)OS(=O)(=O)CCCCCCS(=O)(=O)OC(C)C(C)=O. The van der Waals surface area contributed by atoms with E-state index in [0.29, 0.717) is 12.8 Å². The third-order valence-electron chi connectivity index (χ3n) is 3.31. The Hall–Kier alpha value is -1.04. The van der Waals surface area contributed by atoms with Gasteiger partial charge in [-0.3, -0.25) is 13.2 Å². The molecule has 0 saturated carbocycles. The molecule has 0 saturated heterocycles. The van der Waals surface area contributed by atoms with Gasteiger partial charge in [0.2, 0.25) is 0 Å².